The number of ether oxygens (including phenoxy) is 1. The van der Waals surface area contributed by atoms with Crippen LogP contribution >= 0.6 is 0 Å². The van der Waals surface area contributed by atoms with Gasteiger partial charge in [-0.2, -0.15) is 0 Å². The van der Waals surface area contributed by atoms with Crippen LogP contribution in [0.3, 0.4) is 0 Å². The lowest BCUT2D eigenvalue weighted by Gasteiger charge is -2.20. The molecular formula is C16H27NO2. The van der Waals surface area contributed by atoms with Gasteiger partial charge in [-0.3, -0.25) is 0 Å². The zero-order valence-corrected chi connectivity index (χ0v) is 12.7. The number of aliphatic hydroxyl groups is 1. The number of benzene rings is 1. The van der Waals surface area contributed by atoms with E-state index in [-0.39, 0.29) is 5.41 Å². The molecule has 0 heterocycles. The van der Waals surface area contributed by atoms with E-state index in [0.717, 1.165) is 5.75 Å². The van der Waals surface area contributed by atoms with Crippen molar-refractivity contribution in [2.45, 2.75) is 52.2 Å². The van der Waals surface area contributed by atoms with E-state index >= 15 is 0 Å². The highest BCUT2D eigenvalue weighted by Crippen LogP contribution is 2.25. The molecule has 0 amide bonds. The molecule has 3 heteroatoms. The maximum atomic E-state index is 9.80. The fourth-order valence-electron chi connectivity index (χ4n) is 1.68. The Hall–Kier alpha value is -1.06. The van der Waals surface area contributed by atoms with Crippen LogP contribution in [0.25, 0.3) is 0 Å². The van der Waals surface area contributed by atoms with Crippen LogP contribution in [-0.2, 0) is 5.41 Å². The molecule has 0 aliphatic rings. The van der Waals surface area contributed by atoms with Crippen molar-refractivity contribution in [1.82, 2.24) is 5.32 Å². The molecule has 1 atom stereocenters. The van der Waals surface area contributed by atoms with Crippen LogP contribution < -0.4 is 10.1 Å². The van der Waals surface area contributed by atoms with E-state index in [9.17, 15) is 5.11 Å². The van der Waals surface area contributed by atoms with Crippen LogP contribution in [0.4, 0.5) is 0 Å². The van der Waals surface area contributed by atoms with Gasteiger partial charge in [0.05, 0.1) is 0 Å². The molecule has 0 saturated carbocycles. The number of hydrogen-bond acceptors (Lipinski definition) is 3. The molecule has 0 bridgehead atoms. The average molecular weight is 265 g/mol. The minimum atomic E-state index is -0.485. The summed E-state index contributed by atoms with van der Waals surface area (Å²) in [5.74, 6) is 0.816. The van der Waals surface area contributed by atoms with Crippen LogP contribution in [0.2, 0.25) is 0 Å². The molecule has 1 aromatic carbocycles. The minimum Gasteiger partial charge on any atom is -0.491 e. The van der Waals surface area contributed by atoms with Gasteiger partial charge in [0.2, 0.25) is 0 Å². The van der Waals surface area contributed by atoms with Crippen molar-refractivity contribution in [3.8, 4) is 5.75 Å². The van der Waals surface area contributed by atoms with Gasteiger partial charge in [-0.15, -0.1) is 0 Å². The van der Waals surface area contributed by atoms with Gasteiger partial charge in [0.1, 0.15) is 18.5 Å². The normalized spacial score (nSPS) is 13.6. The predicted molar refractivity (Wildman–Crippen MR) is 79.8 cm³/mol. The highest BCUT2D eigenvalue weighted by atomic mass is 16.5. The molecule has 1 unspecified atom stereocenters. The molecule has 0 saturated heterocycles. The maximum absolute atomic E-state index is 9.80. The zero-order chi connectivity index (χ0) is 14.5. The Morgan fingerprint density at radius 1 is 1.26 bits per heavy atom. The molecular weight excluding hydrogens is 238 g/mol. The topological polar surface area (TPSA) is 41.5 Å². The van der Waals surface area contributed by atoms with E-state index < -0.39 is 6.10 Å². The van der Waals surface area contributed by atoms with Crippen LogP contribution in [0, 0.1) is 0 Å². The highest BCUT2D eigenvalue weighted by molar-refractivity contribution is 5.32. The molecule has 2 N–H and O–H groups in total. The van der Waals surface area contributed by atoms with Crippen molar-refractivity contribution in [2.24, 2.45) is 0 Å². The Morgan fingerprint density at radius 3 is 2.53 bits per heavy atom. The second kappa shape index (κ2) is 6.92. The van der Waals surface area contributed by atoms with Gasteiger partial charge >= 0.3 is 0 Å². The number of nitrogens with one attached hydrogen (secondary N) is 1. The second-order valence-corrected chi connectivity index (χ2v) is 6.31. The van der Waals surface area contributed by atoms with Crippen LogP contribution in [0.5, 0.6) is 5.75 Å². The van der Waals surface area contributed by atoms with Crippen LogP contribution in [-0.4, -0.2) is 30.4 Å². The van der Waals surface area contributed by atoms with Crippen LogP contribution in [0.1, 0.15) is 40.2 Å². The third kappa shape index (κ3) is 6.08. The van der Waals surface area contributed by atoms with Gasteiger partial charge in [0.25, 0.3) is 0 Å². The molecule has 0 aliphatic carbocycles. The molecule has 3 nitrogen and oxygen atoms in total. The Labute approximate surface area is 117 Å². The van der Waals surface area contributed by atoms with E-state index in [0.29, 0.717) is 19.2 Å². The lowest BCUT2D eigenvalue weighted by Crippen LogP contribution is -2.35. The number of aliphatic hydroxyl groups excluding tert-OH is 1. The first-order valence-corrected chi connectivity index (χ1v) is 6.94. The molecule has 1 rings (SSSR count). The van der Waals surface area contributed by atoms with Crippen LogP contribution in [0.15, 0.2) is 24.3 Å². The predicted octanol–water partition coefficient (Wildman–Crippen LogP) is 2.72. The molecule has 108 valence electrons. The molecule has 0 radical (unpaired) electrons. The van der Waals surface area contributed by atoms with Crippen molar-refractivity contribution < 1.29 is 9.84 Å². The zero-order valence-electron chi connectivity index (χ0n) is 12.7. The smallest absolute Gasteiger partial charge is 0.119 e. The number of rotatable bonds is 6. The summed E-state index contributed by atoms with van der Waals surface area (Å²) in [7, 11) is 0. The fraction of sp³-hybridized carbons (Fsp3) is 0.625. The summed E-state index contributed by atoms with van der Waals surface area (Å²) < 4.78 is 5.65. The molecule has 0 spiro atoms. The summed E-state index contributed by atoms with van der Waals surface area (Å²) in [4.78, 5) is 0. The summed E-state index contributed by atoms with van der Waals surface area (Å²) in [6.07, 6.45) is -0.485. The summed E-state index contributed by atoms with van der Waals surface area (Å²) in [5, 5.41) is 13.0. The Balaban J connectivity index is 2.49. The molecule has 0 fully saturated rings. The molecule has 19 heavy (non-hydrogen) atoms. The Morgan fingerprint density at radius 2 is 1.95 bits per heavy atom. The summed E-state index contributed by atoms with van der Waals surface area (Å²) in [6, 6.07) is 8.44. The minimum absolute atomic E-state index is 0.108. The largest absolute Gasteiger partial charge is 0.491 e. The van der Waals surface area contributed by atoms with E-state index in [4.69, 9.17) is 4.74 Å². The van der Waals surface area contributed by atoms with Crippen molar-refractivity contribution in [3.05, 3.63) is 29.8 Å². The summed E-state index contributed by atoms with van der Waals surface area (Å²) >= 11 is 0. The lowest BCUT2D eigenvalue weighted by atomic mass is 9.87. The molecule has 0 aromatic heterocycles. The van der Waals surface area contributed by atoms with Gasteiger partial charge in [0, 0.05) is 12.6 Å². The van der Waals surface area contributed by atoms with E-state index in [1.54, 1.807) is 0 Å². The molecule has 0 aliphatic heterocycles. The Bertz CT molecular complexity index is 383. The third-order valence-electron chi connectivity index (χ3n) is 2.90. The van der Waals surface area contributed by atoms with Crippen molar-refractivity contribution in [2.75, 3.05) is 13.2 Å². The number of hydrogen-bond donors (Lipinski definition) is 2. The molecule has 1 aromatic rings. The Kier molecular flexibility index (Phi) is 5.83. The van der Waals surface area contributed by atoms with Gasteiger partial charge < -0.3 is 15.2 Å². The fourth-order valence-corrected chi connectivity index (χ4v) is 1.68. The monoisotopic (exact) mass is 265 g/mol. The van der Waals surface area contributed by atoms with Gasteiger partial charge in [-0.25, -0.2) is 0 Å². The first-order valence-electron chi connectivity index (χ1n) is 6.94. The van der Waals surface area contributed by atoms with E-state index in [1.807, 2.05) is 18.2 Å². The van der Waals surface area contributed by atoms with Crippen molar-refractivity contribution in [1.29, 1.82) is 0 Å². The van der Waals surface area contributed by atoms with E-state index in [1.165, 1.54) is 5.56 Å². The quantitative estimate of drug-likeness (QED) is 0.831. The SMILES string of the molecule is CC(C)NCC(O)COc1cccc(C(C)(C)C)c1. The van der Waals surface area contributed by atoms with Gasteiger partial charge in [-0.1, -0.05) is 46.8 Å². The average Bonchev–Trinajstić information content (AvgIpc) is 2.33. The summed E-state index contributed by atoms with van der Waals surface area (Å²) in [6.45, 7) is 11.5. The van der Waals surface area contributed by atoms with E-state index in [2.05, 4.69) is 46.0 Å². The first kappa shape index (κ1) is 16.0. The van der Waals surface area contributed by atoms with Crippen molar-refractivity contribution >= 4 is 0 Å². The third-order valence-corrected chi connectivity index (χ3v) is 2.90. The van der Waals surface area contributed by atoms with Crippen molar-refractivity contribution in [3.63, 3.8) is 0 Å². The van der Waals surface area contributed by atoms with Gasteiger partial charge in [-0.05, 0) is 23.1 Å². The maximum Gasteiger partial charge on any atom is 0.119 e. The van der Waals surface area contributed by atoms with Gasteiger partial charge in [0.15, 0.2) is 0 Å². The highest BCUT2D eigenvalue weighted by Gasteiger charge is 2.14. The standard InChI is InChI=1S/C16H27NO2/c1-12(2)17-10-14(18)11-19-15-8-6-7-13(9-15)16(3,4)5/h6-9,12,14,17-18H,10-11H2,1-5H3. The summed E-state index contributed by atoms with van der Waals surface area (Å²) in [5.41, 5.74) is 1.34. The second-order valence-electron chi connectivity index (χ2n) is 6.31. The first-order chi connectivity index (χ1) is 8.79. The lowest BCUT2D eigenvalue weighted by molar-refractivity contribution is 0.104.